The number of H-pyrrole nitrogens is 1. The summed E-state index contributed by atoms with van der Waals surface area (Å²) in [5.41, 5.74) is 0.468. The molecule has 0 aliphatic carbocycles. The van der Waals surface area contributed by atoms with E-state index in [9.17, 15) is 4.39 Å². The van der Waals surface area contributed by atoms with Crippen molar-refractivity contribution in [2.75, 3.05) is 0 Å². The summed E-state index contributed by atoms with van der Waals surface area (Å²) in [6.07, 6.45) is 2.57. The van der Waals surface area contributed by atoms with Crippen molar-refractivity contribution in [1.29, 1.82) is 0 Å². The summed E-state index contributed by atoms with van der Waals surface area (Å²) in [6, 6.07) is 1.28. The van der Waals surface area contributed by atoms with Crippen LogP contribution < -0.4 is 0 Å². The van der Waals surface area contributed by atoms with Crippen LogP contribution >= 0.6 is 12.2 Å². The third-order valence-corrected chi connectivity index (χ3v) is 1.68. The second-order valence-corrected chi connectivity index (χ2v) is 2.64. The van der Waals surface area contributed by atoms with Gasteiger partial charge in [-0.2, -0.15) is 5.21 Å². The minimum atomic E-state index is -0.436. The highest BCUT2D eigenvalue weighted by Gasteiger charge is 2.00. The van der Waals surface area contributed by atoms with Gasteiger partial charge in [0.2, 0.25) is 4.77 Å². The highest BCUT2D eigenvalue weighted by molar-refractivity contribution is 7.71. The van der Waals surface area contributed by atoms with Crippen LogP contribution in [0.5, 0.6) is 0 Å². The Morgan fingerprint density at radius 2 is 2.31 bits per heavy atom. The molecule has 0 bridgehead atoms. The normalized spacial score (nSPS) is 10.2. The molecule has 0 spiro atoms. The standard InChI is InChI=1S/C6H4FN5S/c7-4-1-5(3-8-2-4)12-6(13)9-10-11-12/h1-3H,(H,9,11,13). The van der Waals surface area contributed by atoms with E-state index in [1.807, 2.05) is 0 Å². The van der Waals surface area contributed by atoms with Gasteiger partial charge in [0.1, 0.15) is 5.82 Å². The lowest BCUT2D eigenvalue weighted by molar-refractivity contribution is 0.617. The first-order valence-corrected chi connectivity index (χ1v) is 3.79. The first kappa shape index (κ1) is 7.99. The quantitative estimate of drug-likeness (QED) is 0.689. The van der Waals surface area contributed by atoms with Crippen LogP contribution in [-0.4, -0.2) is 25.2 Å². The SMILES string of the molecule is Fc1cncc(-n2[nH]nnc2=S)c1. The van der Waals surface area contributed by atoms with E-state index >= 15 is 0 Å². The van der Waals surface area contributed by atoms with Crippen molar-refractivity contribution in [3.63, 3.8) is 0 Å². The summed E-state index contributed by atoms with van der Waals surface area (Å²) in [6.45, 7) is 0. The van der Waals surface area contributed by atoms with E-state index in [0.717, 1.165) is 6.20 Å². The van der Waals surface area contributed by atoms with Crippen LogP contribution in [0.1, 0.15) is 0 Å². The molecule has 0 unspecified atom stereocenters. The second-order valence-electron chi connectivity index (χ2n) is 2.28. The van der Waals surface area contributed by atoms with E-state index in [2.05, 4.69) is 20.5 Å². The number of halogens is 1. The fourth-order valence-electron chi connectivity index (χ4n) is 0.888. The fourth-order valence-corrected chi connectivity index (χ4v) is 1.08. The maximum Gasteiger partial charge on any atom is 0.242 e. The number of rotatable bonds is 1. The van der Waals surface area contributed by atoms with Crippen LogP contribution in [0.15, 0.2) is 18.5 Å². The smallest absolute Gasteiger partial charge is 0.242 e. The molecule has 0 aliphatic heterocycles. The molecule has 0 fully saturated rings. The molecule has 5 nitrogen and oxygen atoms in total. The number of hydrogen-bond acceptors (Lipinski definition) is 4. The third kappa shape index (κ3) is 1.45. The Morgan fingerprint density at radius 3 is 2.92 bits per heavy atom. The third-order valence-electron chi connectivity index (χ3n) is 1.42. The Labute approximate surface area is 77.2 Å². The van der Waals surface area contributed by atoms with Gasteiger partial charge in [-0.15, -0.1) is 0 Å². The van der Waals surface area contributed by atoms with Gasteiger partial charge >= 0.3 is 0 Å². The van der Waals surface area contributed by atoms with E-state index in [1.54, 1.807) is 0 Å². The molecule has 0 atom stereocenters. The zero-order valence-corrected chi connectivity index (χ0v) is 7.12. The van der Waals surface area contributed by atoms with Gasteiger partial charge < -0.3 is 0 Å². The molecule has 13 heavy (non-hydrogen) atoms. The monoisotopic (exact) mass is 197 g/mol. The average Bonchev–Trinajstić information content (AvgIpc) is 2.51. The predicted molar refractivity (Wildman–Crippen MR) is 44.3 cm³/mol. The maximum absolute atomic E-state index is 12.7. The molecule has 0 saturated carbocycles. The van der Waals surface area contributed by atoms with E-state index < -0.39 is 5.82 Å². The zero-order chi connectivity index (χ0) is 9.26. The van der Waals surface area contributed by atoms with Crippen LogP contribution in [0.4, 0.5) is 4.39 Å². The minimum absolute atomic E-state index is 0.229. The molecular formula is C6H4FN5S. The number of nitrogens with zero attached hydrogens (tertiary/aromatic N) is 4. The fraction of sp³-hybridized carbons (Fsp3) is 0. The molecule has 0 saturated heterocycles. The van der Waals surface area contributed by atoms with Gasteiger partial charge in [-0.3, -0.25) is 4.98 Å². The molecule has 7 heteroatoms. The van der Waals surface area contributed by atoms with E-state index in [4.69, 9.17) is 12.2 Å². The van der Waals surface area contributed by atoms with Crippen LogP contribution in [0.25, 0.3) is 5.69 Å². The summed E-state index contributed by atoms with van der Waals surface area (Å²) < 4.78 is 14.3. The Hall–Kier alpha value is -1.63. The lowest BCUT2D eigenvalue weighted by atomic mass is 10.4. The van der Waals surface area contributed by atoms with Crippen LogP contribution in [0, 0.1) is 10.6 Å². The van der Waals surface area contributed by atoms with Gasteiger partial charge in [0.15, 0.2) is 0 Å². The zero-order valence-electron chi connectivity index (χ0n) is 6.31. The van der Waals surface area contributed by atoms with Crippen molar-refractivity contribution >= 4 is 12.2 Å². The van der Waals surface area contributed by atoms with Crippen LogP contribution in [0.3, 0.4) is 0 Å². The first-order valence-electron chi connectivity index (χ1n) is 3.38. The predicted octanol–water partition coefficient (Wildman–Crippen LogP) is 0.859. The number of aromatic nitrogens is 5. The van der Waals surface area contributed by atoms with Gasteiger partial charge in [0.25, 0.3) is 0 Å². The largest absolute Gasteiger partial charge is 0.259 e. The number of tetrazole rings is 1. The second kappa shape index (κ2) is 3.02. The van der Waals surface area contributed by atoms with Crippen molar-refractivity contribution in [3.8, 4) is 5.69 Å². The highest BCUT2D eigenvalue weighted by Crippen LogP contribution is 2.05. The van der Waals surface area contributed by atoms with Gasteiger partial charge in [-0.25, -0.2) is 9.07 Å². The summed E-state index contributed by atoms with van der Waals surface area (Å²) in [7, 11) is 0. The molecule has 0 radical (unpaired) electrons. The summed E-state index contributed by atoms with van der Waals surface area (Å²) in [5, 5.41) is 9.50. The van der Waals surface area contributed by atoms with E-state index in [-0.39, 0.29) is 4.77 Å². The van der Waals surface area contributed by atoms with Gasteiger partial charge in [0.05, 0.1) is 18.1 Å². The van der Waals surface area contributed by atoms with Crippen molar-refractivity contribution in [2.45, 2.75) is 0 Å². The summed E-state index contributed by atoms with van der Waals surface area (Å²) >= 11 is 4.82. The van der Waals surface area contributed by atoms with Crippen molar-refractivity contribution in [2.24, 2.45) is 0 Å². The maximum atomic E-state index is 12.7. The minimum Gasteiger partial charge on any atom is -0.259 e. The summed E-state index contributed by atoms with van der Waals surface area (Å²) in [5.74, 6) is -0.436. The van der Waals surface area contributed by atoms with Gasteiger partial charge in [-0.05, 0) is 12.2 Å². The molecular weight excluding hydrogens is 193 g/mol. The Balaban J connectivity index is 2.59. The van der Waals surface area contributed by atoms with Gasteiger partial charge in [-0.1, -0.05) is 10.3 Å². The van der Waals surface area contributed by atoms with Crippen LogP contribution in [-0.2, 0) is 0 Å². The molecule has 2 rings (SSSR count). The lowest BCUT2D eigenvalue weighted by Gasteiger charge is -1.98. The van der Waals surface area contributed by atoms with Crippen molar-refractivity contribution in [1.82, 2.24) is 25.2 Å². The molecule has 2 aromatic rings. The lowest BCUT2D eigenvalue weighted by Crippen LogP contribution is -1.98. The van der Waals surface area contributed by atoms with Crippen molar-refractivity contribution in [3.05, 3.63) is 29.0 Å². The van der Waals surface area contributed by atoms with E-state index in [0.29, 0.717) is 5.69 Å². The first-order chi connectivity index (χ1) is 6.27. The Morgan fingerprint density at radius 1 is 1.46 bits per heavy atom. The highest BCUT2D eigenvalue weighted by atomic mass is 32.1. The molecule has 0 aliphatic rings. The molecule has 0 aromatic carbocycles. The number of pyridine rings is 1. The van der Waals surface area contributed by atoms with Gasteiger partial charge in [0, 0.05) is 6.07 Å². The number of aromatic amines is 1. The molecule has 66 valence electrons. The van der Waals surface area contributed by atoms with Crippen molar-refractivity contribution < 1.29 is 4.39 Å². The average molecular weight is 197 g/mol. The Bertz CT molecular complexity index is 476. The molecule has 1 N–H and O–H groups in total. The van der Waals surface area contributed by atoms with Crippen LogP contribution in [0.2, 0.25) is 0 Å². The van der Waals surface area contributed by atoms with E-state index in [1.165, 1.54) is 16.9 Å². The Kier molecular flexibility index (Phi) is 1.85. The molecule has 0 amide bonds. The topological polar surface area (TPSA) is 59.4 Å². The molecule has 2 aromatic heterocycles. The number of hydrogen-bond donors (Lipinski definition) is 1. The summed E-state index contributed by atoms with van der Waals surface area (Å²) in [4.78, 5) is 3.66. The molecule has 2 heterocycles. The number of nitrogens with one attached hydrogen (secondary N) is 1.